The molecule has 4 heterocycles. The van der Waals surface area contributed by atoms with Crippen LogP contribution in [0, 0.1) is 0 Å². The molecule has 0 unspecified atom stereocenters. The molecule has 0 bridgehead atoms. The maximum absolute atomic E-state index is 7.01. The van der Waals surface area contributed by atoms with Crippen LogP contribution < -0.4 is 31.1 Å². The zero-order chi connectivity index (χ0) is 52.8. The number of anilines is 9. The van der Waals surface area contributed by atoms with Gasteiger partial charge in [-0.25, -0.2) is 0 Å². The summed E-state index contributed by atoms with van der Waals surface area (Å²) in [6, 6.07) is 68.0. The highest BCUT2D eigenvalue weighted by molar-refractivity contribution is 7.00. The number of benzene rings is 9. The molecular weight excluding hydrogens is 926 g/mol. The van der Waals surface area contributed by atoms with Crippen molar-refractivity contribution < 1.29 is 8.83 Å². The number of nitrogens with zero attached hydrogens (tertiary/aromatic N) is 3. The molecule has 0 radical (unpaired) electrons. The second-order valence-corrected chi connectivity index (χ2v) is 25.5. The van der Waals surface area contributed by atoms with Gasteiger partial charge in [0.05, 0.1) is 17.1 Å². The van der Waals surface area contributed by atoms with Crippen LogP contribution in [0.2, 0.25) is 0 Å². The van der Waals surface area contributed by atoms with Gasteiger partial charge in [-0.15, -0.1) is 0 Å². The first kappa shape index (κ1) is 47.7. The third-order valence-electron chi connectivity index (χ3n) is 16.3. The van der Waals surface area contributed by atoms with E-state index in [9.17, 15) is 0 Å². The van der Waals surface area contributed by atoms with Crippen molar-refractivity contribution in [2.24, 2.45) is 0 Å². The lowest BCUT2D eigenvalue weighted by molar-refractivity contribution is 0.590. The Morgan fingerprint density at radius 3 is 1.12 bits per heavy atom. The summed E-state index contributed by atoms with van der Waals surface area (Å²) in [7, 11) is 0. The molecule has 0 N–H and O–H groups in total. The summed E-state index contributed by atoms with van der Waals surface area (Å²) in [5, 5.41) is 4.28. The lowest BCUT2D eigenvalue weighted by Crippen LogP contribution is -2.61. The van der Waals surface area contributed by atoms with Gasteiger partial charge in [-0.05, 0) is 133 Å². The maximum atomic E-state index is 7.01. The van der Waals surface area contributed by atoms with Crippen molar-refractivity contribution in [1.82, 2.24) is 0 Å². The number of hydrogen-bond acceptors (Lipinski definition) is 5. The molecule has 2 aliphatic heterocycles. The minimum atomic E-state index is -0.0880. The van der Waals surface area contributed by atoms with Crippen molar-refractivity contribution in [3.63, 3.8) is 0 Å². The van der Waals surface area contributed by atoms with E-state index in [1.54, 1.807) is 0 Å². The highest BCUT2D eigenvalue weighted by Gasteiger charge is 2.45. The largest absolute Gasteiger partial charge is 0.454 e. The fourth-order valence-corrected chi connectivity index (χ4v) is 12.1. The van der Waals surface area contributed by atoms with Gasteiger partial charge < -0.3 is 23.5 Å². The van der Waals surface area contributed by atoms with Gasteiger partial charge in [0.2, 0.25) is 0 Å². The molecule has 2 aromatic heterocycles. The molecule has 6 heteroatoms. The quantitative estimate of drug-likeness (QED) is 0.161. The predicted molar refractivity (Wildman–Crippen MR) is 325 cm³/mol. The molecular formula is C70H66BN3O2. The van der Waals surface area contributed by atoms with Gasteiger partial charge >= 0.3 is 0 Å². The zero-order valence-electron chi connectivity index (χ0n) is 46.1. The number of hydrogen-bond donors (Lipinski definition) is 0. The van der Waals surface area contributed by atoms with Crippen molar-refractivity contribution >= 4 is 118 Å². The summed E-state index contributed by atoms with van der Waals surface area (Å²) in [4.78, 5) is 7.50. The molecule has 0 saturated carbocycles. The first-order valence-electron chi connectivity index (χ1n) is 27.1. The van der Waals surface area contributed by atoms with E-state index < -0.39 is 0 Å². The lowest BCUT2D eigenvalue weighted by atomic mass is 9.33. The fourth-order valence-electron chi connectivity index (χ4n) is 12.1. The minimum absolute atomic E-state index is 0.0164. The van der Waals surface area contributed by atoms with E-state index >= 15 is 0 Å². The highest BCUT2D eigenvalue weighted by atomic mass is 16.3. The Kier molecular flexibility index (Phi) is 10.5. The molecule has 76 heavy (non-hydrogen) atoms. The van der Waals surface area contributed by atoms with Crippen LogP contribution in [0.3, 0.4) is 0 Å². The van der Waals surface area contributed by atoms with Crippen LogP contribution in [-0.2, 0) is 21.7 Å². The molecule has 0 fully saturated rings. The van der Waals surface area contributed by atoms with Crippen LogP contribution in [0.15, 0.2) is 191 Å². The first-order chi connectivity index (χ1) is 36.2. The third-order valence-corrected chi connectivity index (χ3v) is 16.3. The molecule has 2 aliphatic rings. The van der Waals surface area contributed by atoms with Gasteiger partial charge in [-0.1, -0.05) is 192 Å². The van der Waals surface area contributed by atoms with Crippen LogP contribution in [0.25, 0.3) is 43.9 Å². The standard InChI is InChI=1S/C70H66BN3O2/c1-67(2,3)43-27-33-47(34-28-43)72-56-37-31-45(69(7,8)9)39-54(56)71-55-40-46(70(10,11)12)32-38-57(55)73(48-35-29-44(30-36-48)68(4,5)6)61-42-49(41-60(72)64(61)71)74(58-23-17-21-52-50-19-13-15-25-62(50)75-65(52)58)59-24-18-22-53-51-20-14-16-26-63(51)76-66(53)59/h13-42H,1-12H3. The average Bonchev–Trinajstić information content (AvgIpc) is 4.12. The average molecular weight is 992 g/mol. The molecule has 5 nitrogen and oxygen atoms in total. The van der Waals surface area contributed by atoms with Crippen LogP contribution in [-0.4, -0.2) is 6.71 Å². The topological polar surface area (TPSA) is 36.0 Å². The predicted octanol–water partition coefficient (Wildman–Crippen LogP) is 18.2. The SMILES string of the molecule is CC(C)(C)c1ccc(N2c3ccc(C(C)(C)C)cc3B3c4cc(C(C)(C)C)ccc4N(c4ccc(C(C)(C)C)cc4)c4cc(N(c5cccc6c5oc5ccccc56)c5cccc6c5oc5ccccc56)cc2c43)cc1. The molecule has 376 valence electrons. The van der Waals surface area contributed by atoms with Crippen molar-refractivity contribution in [2.45, 2.75) is 105 Å². The molecule has 11 aromatic rings. The monoisotopic (exact) mass is 992 g/mol. The van der Waals surface area contributed by atoms with E-state index in [-0.39, 0.29) is 28.4 Å². The first-order valence-corrected chi connectivity index (χ1v) is 27.1. The Morgan fingerprint density at radius 2 is 0.724 bits per heavy atom. The molecule has 9 aromatic carbocycles. The van der Waals surface area contributed by atoms with Gasteiger partial charge in [-0.3, -0.25) is 0 Å². The summed E-state index contributed by atoms with van der Waals surface area (Å²) in [6.07, 6.45) is 0. The van der Waals surface area contributed by atoms with E-state index in [0.29, 0.717) is 0 Å². The van der Waals surface area contributed by atoms with Crippen molar-refractivity contribution in [3.8, 4) is 0 Å². The summed E-state index contributed by atoms with van der Waals surface area (Å²) in [6.45, 7) is 27.7. The summed E-state index contributed by atoms with van der Waals surface area (Å²) >= 11 is 0. The van der Waals surface area contributed by atoms with Crippen LogP contribution >= 0.6 is 0 Å². The Hall–Kier alpha value is -7.96. The second kappa shape index (κ2) is 16.8. The number of furan rings is 2. The van der Waals surface area contributed by atoms with Gasteiger partial charge in [0.1, 0.15) is 11.2 Å². The van der Waals surface area contributed by atoms with Gasteiger partial charge in [-0.2, -0.15) is 0 Å². The van der Waals surface area contributed by atoms with Crippen LogP contribution in [0.5, 0.6) is 0 Å². The molecule has 0 spiro atoms. The number of rotatable bonds is 5. The zero-order valence-corrected chi connectivity index (χ0v) is 46.1. The van der Waals surface area contributed by atoms with Crippen molar-refractivity contribution in [2.75, 3.05) is 14.7 Å². The van der Waals surface area contributed by atoms with Crippen LogP contribution in [0.4, 0.5) is 51.2 Å². The third kappa shape index (κ3) is 7.58. The van der Waals surface area contributed by atoms with Crippen molar-refractivity contribution in [3.05, 3.63) is 204 Å². The minimum Gasteiger partial charge on any atom is -0.454 e. The number of para-hydroxylation sites is 4. The Bertz CT molecular complexity index is 3850. The second-order valence-electron chi connectivity index (χ2n) is 25.5. The van der Waals surface area contributed by atoms with E-state index in [2.05, 4.69) is 280 Å². The summed E-state index contributed by atoms with van der Waals surface area (Å²) < 4.78 is 14.0. The van der Waals surface area contributed by atoms with Crippen molar-refractivity contribution in [1.29, 1.82) is 0 Å². The van der Waals surface area contributed by atoms with E-state index in [0.717, 1.165) is 83.7 Å². The van der Waals surface area contributed by atoms with Crippen LogP contribution in [0.1, 0.15) is 105 Å². The lowest BCUT2D eigenvalue weighted by Gasteiger charge is -2.45. The Labute approximate surface area is 448 Å². The number of fused-ring (bicyclic) bond motifs is 10. The fraction of sp³-hybridized carbons (Fsp3) is 0.229. The van der Waals surface area contributed by atoms with E-state index in [4.69, 9.17) is 8.83 Å². The van der Waals surface area contributed by atoms with E-state index in [1.807, 2.05) is 0 Å². The molecule has 0 atom stereocenters. The van der Waals surface area contributed by atoms with Gasteiger partial charge in [0, 0.05) is 55.7 Å². The Balaban J connectivity index is 1.19. The highest BCUT2D eigenvalue weighted by Crippen LogP contribution is 2.52. The molecule has 0 amide bonds. The molecule has 0 aliphatic carbocycles. The van der Waals surface area contributed by atoms with E-state index in [1.165, 1.54) is 50.0 Å². The molecule has 13 rings (SSSR count). The summed E-state index contributed by atoms with van der Waals surface area (Å²) in [5.74, 6) is 0. The molecule has 0 saturated heterocycles. The smallest absolute Gasteiger partial charge is 0.252 e. The van der Waals surface area contributed by atoms with Gasteiger partial charge in [0.25, 0.3) is 6.71 Å². The summed E-state index contributed by atoms with van der Waals surface area (Å²) in [5.41, 5.74) is 21.9. The van der Waals surface area contributed by atoms with Gasteiger partial charge in [0.15, 0.2) is 11.2 Å². The Morgan fingerprint density at radius 1 is 0.355 bits per heavy atom. The maximum Gasteiger partial charge on any atom is 0.252 e. The normalized spacial score (nSPS) is 13.7.